The van der Waals surface area contributed by atoms with Gasteiger partial charge in [0, 0.05) is 55.6 Å². The molecule has 0 amide bonds. The van der Waals surface area contributed by atoms with Crippen molar-refractivity contribution in [2.45, 2.75) is 0 Å². The molecule has 0 radical (unpaired) electrons. The molecule has 11 aromatic carbocycles. The van der Waals surface area contributed by atoms with Crippen LogP contribution in [0.3, 0.4) is 0 Å². The number of aromatic nitrogens is 6. The molecule has 10 nitrogen and oxygen atoms in total. The standard InChI is InChI=1S/C78H44N10/c1-81-68-27-15-13-25-60(68)53-31-36-72-66(43-53)64-41-51(58-23-11-9-21-56(58)46-79)29-34-71(64)87(72)70-38-33-55(78-85-76(49-17-5-3-6-18-49)84-77(86-78)50-19-7-4-8-20-50)45-63(70)62-39-40-83-48-75(62)88-73-35-30-52(59-24-12-10-22-57(59)47-80)42-65(73)67-44-54(32-37-74(67)88)61-26-14-16-28-69(61)82-2/h3-45,48H. The number of nitrogens with zero attached hydrogens (tertiary/aromatic N) is 10. The normalized spacial score (nSPS) is 11.1. The number of benzene rings is 11. The Morgan fingerprint density at radius 1 is 0.318 bits per heavy atom. The first-order valence-electron chi connectivity index (χ1n) is 28.5. The van der Waals surface area contributed by atoms with Crippen LogP contribution in [-0.4, -0.2) is 29.1 Å². The lowest BCUT2D eigenvalue weighted by Crippen LogP contribution is -2.04. The summed E-state index contributed by atoms with van der Waals surface area (Å²) in [7, 11) is 0. The SMILES string of the molecule is [C-]#[N+]c1ccccc1-c1ccc2c(c1)c1cc(-c3ccccc3C#N)ccc1n2-c1ccc(-c2nc(-c3ccccc3)nc(-c3ccccc3)n2)cc1-c1ccncc1-n1c2ccc(-c3ccccc3C#N)cc2c2cc(-c3ccccc3[N+]#[C-])ccc21. The van der Waals surface area contributed by atoms with Gasteiger partial charge in [0.15, 0.2) is 28.8 Å². The Bertz CT molecular complexity index is 5230. The lowest BCUT2D eigenvalue weighted by atomic mass is 9.97. The maximum absolute atomic E-state index is 10.4. The number of rotatable bonds is 10. The smallest absolute Gasteiger partial charge is 0.194 e. The lowest BCUT2D eigenvalue weighted by molar-refractivity contribution is 1.07. The Hall–Kier alpha value is -12.9. The summed E-state index contributed by atoms with van der Waals surface area (Å²) in [4.78, 5) is 28.3. The second-order valence-corrected chi connectivity index (χ2v) is 21.3. The van der Waals surface area contributed by atoms with E-state index in [2.05, 4.69) is 128 Å². The summed E-state index contributed by atoms with van der Waals surface area (Å²) in [6, 6.07) is 89.5. The van der Waals surface area contributed by atoms with Crippen molar-refractivity contribution in [1.29, 1.82) is 10.5 Å². The molecule has 15 aromatic rings. The van der Waals surface area contributed by atoms with Crippen molar-refractivity contribution < 1.29 is 0 Å². The van der Waals surface area contributed by atoms with Gasteiger partial charge >= 0.3 is 0 Å². The summed E-state index contributed by atoms with van der Waals surface area (Å²) >= 11 is 0. The molecular formula is C78H44N10. The average Bonchev–Trinajstić information content (AvgIpc) is 1.61. The molecule has 0 unspecified atom stereocenters. The maximum atomic E-state index is 10.4. The molecule has 0 saturated carbocycles. The number of hydrogen-bond donors (Lipinski definition) is 0. The topological polar surface area (TPSA) is 118 Å². The van der Waals surface area contributed by atoms with E-state index in [0.29, 0.717) is 40.0 Å². The van der Waals surface area contributed by atoms with Crippen molar-refractivity contribution in [1.82, 2.24) is 29.1 Å². The molecule has 0 aliphatic rings. The van der Waals surface area contributed by atoms with Crippen LogP contribution >= 0.6 is 0 Å². The van der Waals surface area contributed by atoms with Crippen LogP contribution in [0, 0.1) is 35.8 Å². The fourth-order valence-corrected chi connectivity index (χ4v) is 12.3. The molecule has 15 rings (SSSR count). The van der Waals surface area contributed by atoms with Gasteiger partial charge in [-0.2, -0.15) is 10.5 Å². The van der Waals surface area contributed by atoms with Gasteiger partial charge in [-0.3, -0.25) is 4.98 Å². The Labute approximate surface area is 506 Å². The Balaban J connectivity index is 1.03. The Morgan fingerprint density at radius 2 is 0.693 bits per heavy atom. The van der Waals surface area contributed by atoms with E-state index in [1.807, 2.05) is 170 Å². The number of pyridine rings is 1. The molecule has 4 aromatic heterocycles. The largest absolute Gasteiger partial charge is 0.309 e. The maximum Gasteiger partial charge on any atom is 0.194 e. The van der Waals surface area contributed by atoms with E-state index in [9.17, 15) is 10.5 Å². The minimum Gasteiger partial charge on any atom is -0.309 e. The molecule has 10 heteroatoms. The highest BCUT2D eigenvalue weighted by Crippen LogP contribution is 2.46. The quantitative estimate of drug-likeness (QED) is 0.126. The number of nitriles is 2. The zero-order chi connectivity index (χ0) is 59.2. The van der Waals surface area contributed by atoms with Gasteiger partial charge in [-0.15, -0.1) is 0 Å². The summed E-state index contributed by atoms with van der Waals surface area (Å²) in [6.45, 7) is 16.3. The zero-order valence-corrected chi connectivity index (χ0v) is 46.9. The van der Waals surface area contributed by atoms with Crippen LogP contribution in [0.15, 0.2) is 267 Å². The second kappa shape index (κ2) is 21.7. The molecule has 406 valence electrons. The molecule has 0 spiro atoms. The van der Waals surface area contributed by atoms with Crippen molar-refractivity contribution in [2.24, 2.45) is 0 Å². The minimum atomic E-state index is 0.483. The summed E-state index contributed by atoms with van der Waals surface area (Å²) in [6.07, 6.45) is 3.75. The van der Waals surface area contributed by atoms with Crippen molar-refractivity contribution in [2.75, 3.05) is 0 Å². The highest BCUT2D eigenvalue weighted by atomic mass is 15.0. The highest BCUT2D eigenvalue weighted by Gasteiger charge is 2.25. The van der Waals surface area contributed by atoms with Crippen LogP contribution in [0.4, 0.5) is 11.4 Å². The van der Waals surface area contributed by atoms with Gasteiger partial charge in [-0.25, -0.2) is 24.6 Å². The predicted octanol–water partition coefficient (Wildman–Crippen LogP) is 19.6. The van der Waals surface area contributed by atoms with Crippen LogP contribution in [0.2, 0.25) is 0 Å². The van der Waals surface area contributed by atoms with Crippen LogP contribution in [0.1, 0.15) is 11.1 Å². The van der Waals surface area contributed by atoms with Gasteiger partial charge in [0.05, 0.1) is 76.0 Å². The first-order chi connectivity index (χ1) is 43.5. The van der Waals surface area contributed by atoms with Crippen molar-refractivity contribution in [3.63, 3.8) is 0 Å². The third kappa shape index (κ3) is 8.87. The zero-order valence-electron chi connectivity index (χ0n) is 46.9. The van der Waals surface area contributed by atoms with E-state index in [0.717, 1.165) is 127 Å². The molecule has 88 heavy (non-hydrogen) atoms. The number of hydrogen-bond acceptors (Lipinski definition) is 6. The first kappa shape index (κ1) is 52.0. The van der Waals surface area contributed by atoms with E-state index < -0.39 is 0 Å². The Kier molecular flexibility index (Phi) is 12.8. The monoisotopic (exact) mass is 1120 g/mol. The molecule has 0 atom stereocenters. The summed E-state index contributed by atoms with van der Waals surface area (Å²) in [5.74, 6) is 1.55. The highest BCUT2D eigenvalue weighted by molar-refractivity contribution is 6.14. The van der Waals surface area contributed by atoms with E-state index in [1.165, 1.54) is 0 Å². The second-order valence-electron chi connectivity index (χ2n) is 21.3. The number of fused-ring (bicyclic) bond motifs is 6. The molecule has 0 N–H and O–H groups in total. The van der Waals surface area contributed by atoms with Crippen LogP contribution in [0.5, 0.6) is 0 Å². The molecule has 0 aliphatic carbocycles. The van der Waals surface area contributed by atoms with E-state index in [-0.39, 0.29) is 0 Å². The van der Waals surface area contributed by atoms with E-state index in [1.54, 1.807) is 0 Å². The molecule has 0 fully saturated rings. The molecular weight excluding hydrogens is 1080 g/mol. The summed E-state index contributed by atoms with van der Waals surface area (Å²) in [5.41, 5.74) is 18.6. The van der Waals surface area contributed by atoms with Crippen molar-refractivity contribution in [3.8, 4) is 113 Å². The fourth-order valence-electron chi connectivity index (χ4n) is 12.3. The summed E-state index contributed by atoms with van der Waals surface area (Å²) < 4.78 is 4.58. The van der Waals surface area contributed by atoms with Gasteiger partial charge in [0.1, 0.15) is 0 Å². The molecule has 4 heterocycles. The molecule has 0 saturated heterocycles. The predicted molar refractivity (Wildman–Crippen MR) is 352 cm³/mol. The third-order valence-corrected chi connectivity index (χ3v) is 16.4. The van der Waals surface area contributed by atoms with Crippen molar-refractivity contribution >= 4 is 55.0 Å². The average molecular weight is 1120 g/mol. The lowest BCUT2D eigenvalue weighted by Gasteiger charge is -2.19. The van der Waals surface area contributed by atoms with Gasteiger partial charge in [-0.1, -0.05) is 170 Å². The summed E-state index contributed by atoms with van der Waals surface area (Å²) in [5, 5.41) is 24.5. The molecule has 0 bridgehead atoms. The van der Waals surface area contributed by atoms with Crippen molar-refractivity contribution in [3.05, 3.63) is 301 Å². The van der Waals surface area contributed by atoms with Gasteiger partial charge in [-0.05, 0) is 129 Å². The van der Waals surface area contributed by atoms with Gasteiger partial charge in [0.2, 0.25) is 0 Å². The first-order valence-corrected chi connectivity index (χ1v) is 28.5. The minimum absolute atomic E-state index is 0.483. The van der Waals surface area contributed by atoms with Crippen LogP contribution in [0.25, 0.3) is 154 Å². The number of para-hydroxylation sites is 2. The van der Waals surface area contributed by atoms with Crippen LogP contribution in [-0.2, 0) is 0 Å². The fraction of sp³-hybridized carbons (Fsp3) is 0. The van der Waals surface area contributed by atoms with E-state index in [4.69, 9.17) is 33.1 Å². The third-order valence-electron chi connectivity index (χ3n) is 16.4. The van der Waals surface area contributed by atoms with Crippen LogP contribution < -0.4 is 0 Å². The van der Waals surface area contributed by atoms with E-state index >= 15 is 0 Å². The van der Waals surface area contributed by atoms with Gasteiger partial charge in [0.25, 0.3) is 0 Å². The Morgan fingerprint density at radius 3 is 1.14 bits per heavy atom. The molecule has 0 aliphatic heterocycles. The van der Waals surface area contributed by atoms with Gasteiger partial charge < -0.3 is 9.13 Å².